The van der Waals surface area contributed by atoms with Gasteiger partial charge >= 0.3 is 0 Å². The van der Waals surface area contributed by atoms with Crippen LogP contribution in [0.15, 0.2) is 64.5 Å². The molecule has 3 heterocycles. The number of nitrogens with zero attached hydrogens (tertiary/aromatic N) is 2. The fourth-order valence-corrected chi connectivity index (χ4v) is 5.54. The number of benzene rings is 2. The van der Waals surface area contributed by atoms with Crippen LogP contribution in [0.1, 0.15) is 15.9 Å². The second kappa shape index (κ2) is 7.47. The van der Waals surface area contributed by atoms with Gasteiger partial charge in [-0.3, -0.25) is 4.79 Å². The fourth-order valence-electron chi connectivity index (χ4n) is 3.97. The largest absolute Gasteiger partial charge is 0.378 e. The molecule has 2 aliphatic heterocycles. The van der Waals surface area contributed by atoms with Gasteiger partial charge in [0.1, 0.15) is 5.82 Å². The lowest BCUT2D eigenvalue weighted by Crippen LogP contribution is -2.36. The Kier molecular flexibility index (Phi) is 4.75. The molecule has 1 fully saturated rings. The van der Waals surface area contributed by atoms with Crippen LogP contribution < -0.4 is 10.2 Å². The maximum atomic E-state index is 13.3. The van der Waals surface area contributed by atoms with Gasteiger partial charge in [-0.15, -0.1) is 0 Å². The molecular weight excluding hydrogens is 414 g/mol. The minimum atomic E-state index is -3.83. The standard InChI is InChI=1S/C23H21N3O4S/c1-15-2-4-21-19(12-15)25-23(27)18-13-16(3-5-20(18)31(21,28)29)17-6-7-24-22(14-17)26-8-10-30-11-9-26/h2-7,12-14H,8-11H2,1H3,(H,25,27). The van der Waals surface area contributed by atoms with Crippen molar-refractivity contribution in [3.63, 3.8) is 0 Å². The Hall–Kier alpha value is -3.23. The molecule has 3 aromatic rings. The van der Waals surface area contributed by atoms with Crippen LogP contribution in [0.3, 0.4) is 0 Å². The van der Waals surface area contributed by atoms with Crippen molar-refractivity contribution in [3.8, 4) is 11.1 Å². The summed E-state index contributed by atoms with van der Waals surface area (Å²) >= 11 is 0. The zero-order valence-corrected chi connectivity index (χ0v) is 17.8. The number of aromatic nitrogens is 1. The first kappa shape index (κ1) is 19.7. The minimum absolute atomic E-state index is 0.0128. The van der Waals surface area contributed by atoms with Crippen LogP contribution in [-0.4, -0.2) is 45.6 Å². The van der Waals surface area contributed by atoms with Crippen molar-refractivity contribution < 1.29 is 17.9 Å². The van der Waals surface area contributed by atoms with Crippen molar-refractivity contribution in [2.45, 2.75) is 16.7 Å². The molecule has 31 heavy (non-hydrogen) atoms. The van der Waals surface area contributed by atoms with Crippen molar-refractivity contribution in [3.05, 3.63) is 65.9 Å². The van der Waals surface area contributed by atoms with Crippen molar-refractivity contribution >= 4 is 27.2 Å². The van der Waals surface area contributed by atoms with Crippen LogP contribution in [0, 0.1) is 6.92 Å². The van der Waals surface area contributed by atoms with Gasteiger partial charge in [0, 0.05) is 19.3 Å². The highest BCUT2D eigenvalue weighted by Crippen LogP contribution is 2.36. The van der Waals surface area contributed by atoms with E-state index in [1.54, 1.807) is 36.5 Å². The van der Waals surface area contributed by atoms with Gasteiger partial charge in [0.25, 0.3) is 5.91 Å². The van der Waals surface area contributed by atoms with E-state index in [9.17, 15) is 13.2 Å². The number of hydrogen-bond acceptors (Lipinski definition) is 6. The highest BCUT2D eigenvalue weighted by molar-refractivity contribution is 7.91. The minimum Gasteiger partial charge on any atom is -0.378 e. The van der Waals surface area contributed by atoms with E-state index in [1.165, 1.54) is 6.07 Å². The molecule has 0 radical (unpaired) electrons. The molecule has 1 saturated heterocycles. The zero-order valence-electron chi connectivity index (χ0n) is 17.0. The molecular formula is C23H21N3O4S. The summed E-state index contributed by atoms with van der Waals surface area (Å²) in [6, 6.07) is 13.6. The van der Waals surface area contributed by atoms with Crippen LogP contribution in [-0.2, 0) is 14.6 Å². The van der Waals surface area contributed by atoms with E-state index in [1.807, 2.05) is 19.1 Å². The number of ether oxygens (including phenoxy) is 1. The van der Waals surface area contributed by atoms with Crippen LogP contribution in [0.25, 0.3) is 11.1 Å². The van der Waals surface area contributed by atoms with Gasteiger partial charge in [0.15, 0.2) is 0 Å². The molecule has 2 aromatic carbocycles. The van der Waals surface area contributed by atoms with Gasteiger partial charge in [-0.05, 0) is 60.0 Å². The molecule has 5 rings (SSSR count). The third-order valence-corrected chi connectivity index (χ3v) is 7.47. The van der Waals surface area contributed by atoms with Gasteiger partial charge < -0.3 is 15.0 Å². The molecule has 7 nitrogen and oxygen atoms in total. The molecule has 1 aromatic heterocycles. The number of carbonyl (C=O) groups excluding carboxylic acids is 1. The number of sulfone groups is 1. The Morgan fingerprint density at radius 3 is 2.52 bits per heavy atom. The summed E-state index contributed by atoms with van der Waals surface area (Å²) in [7, 11) is -3.83. The lowest BCUT2D eigenvalue weighted by Gasteiger charge is -2.28. The Bertz CT molecular complexity index is 1300. The molecule has 0 saturated carbocycles. The molecule has 0 aliphatic carbocycles. The molecule has 0 atom stereocenters. The first-order chi connectivity index (χ1) is 14.9. The Morgan fingerprint density at radius 1 is 0.968 bits per heavy atom. The first-order valence-electron chi connectivity index (χ1n) is 10.0. The van der Waals surface area contributed by atoms with Gasteiger partial charge in [0.05, 0.1) is 34.3 Å². The van der Waals surface area contributed by atoms with E-state index in [-0.39, 0.29) is 15.4 Å². The fraction of sp³-hybridized carbons (Fsp3) is 0.217. The molecule has 1 amide bonds. The van der Waals surface area contributed by atoms with Crippen LogP contribution in [0.4, 0.5) is 11.5 Å². The molecule has 2 aliphatic rings. The van der Waals surface area contributed by atoms with Gasteiger partial charge in [-0.25, -0.2) is 13.4 Å². The quantitative estimate of drug-likeness (QED) is 0.665. The highest BCUT2D eigenvalue weighted by atomic mass is 32.2. The summed E-state index contributed by atoms with van der Waals surface area (Å²) in [6.07, 6.45) is 1.72. The van der Waals surface area contributed by atoms with Crippen LogP contribution >= 0.6 is 0 Å². The number of fused-ring (bicyclic) bond motifs is 2. The average Bonchev–Trinajstić information content (AvgIpc) is 2.86. The summed E-state index contributed by atoms with van der Waals surface area (Å²) in [4.78, 5) is 19.7. The molecule has 0 bridgehead atoms. The van der Waals surface area contributed by atoms with E-state index in [4.69, 9.17) is 4.74 Å². The number of aryl methyl sites for hydroxylation is 1. The lowest BCUT2D eigenvalue weighted by molar-refractivity contribution is 0.102. The van der Waals surface area contributed by atoms with E-state index in [0.29, 0.717) is 18.9 Å². The third kappa shape index (κ3) is 3.47. The Labute approximate surface area is 180 Å². The normalized spacial score (nSPS) is 17.3. The van der Waals surface area contributed by atoms with E-state index in [2.05, 4.69) is 15.2 Å². The monoisotopic (exact) mass is 435 g/mol. The molecule has 158 valence electrons. The Balaban J connectivity index is 1.58. The number of pyridine rings is 1. The molecule has 1 N–H and O–H groups in total. The molecule has 0 unspecified atom stereocenters. The highest BCUT2D eigenvalue weighted by Gasteiger charge is 2.31. The third-order valence-electron chi connectivity index (χ3n) is 5.60. The van der Waals surface area contributed by atoms with E-state index in [0.717, 1.165) is 35.6 Å². The maximum absolute atomic E-state index is 13.3. The summed E-state index contributed by atoms with van der Waals surface area (Å²) in [6.45, 7) is 4.69. The van der Waals surface area contributed by atoms with Gasteiger partial charge in [0.2, 0.25) is 9.84 Å². The van der Waals surface area contributed by atoms with Gasteiger partial charge in [-0.1, -0.05) is 12.1 Å². The maximum Gasteiger partial charge on any atom is 0.257 e. The number of amides is 1. The second-order valence-electron chi connectivity index (χ2n) is 7.67. The zero-order chi connectivity index (χ0) is 21.6. The van der Waals surface area contributed by atoms with Crippen molar-refractivity contribution in [1.82, 2.24) is 4.98 Å². The first-order valence-corrected chi connectivity index (χ1v) is 11.5. The predicted molar refractivity (Wildman–Crippen MR) is 117 cm³/mol. The molecule has 8 heteroatoms. The van der Waals surface area contributed by atoms with Crippen LogP contribution in [0.5, 0.6) is 0 Å². The molecule has 0 spiro atoms. The van der Waals surface area contributed by atoms with Crippen LogP contribution in [0.2, 0.25) is 0 Å². The predicted octanol–water partition coefficient (Wildman–Crippen LogP) is 3.29. The van der Waals surface area contributed by atoms with E-state index < -0.39 is 15.7 Å². The smallest absolute Gasteiger partial charge is 0.257 e. The second-order valence-corrected chi connectivity index (χ2v) is 9.56. The lowest BCUT2D eigenvalue weighted by atomic mass is 10.0. The number of carbonyl (C=O) groups is 1. The van der Waals surface area contributed by atoms with Crippen molar-refractivity contribution in [2.75, 3.05) is 36.5 Å². The Morgan fingerprint density at radius 2 is 1.71 bits per heavy atom. The van der Waals surface area contributed by atoms with Crippen molar-refractivity contribution in [2.24, 2.45) is 0 Å². The number of anilines is 2. The summed E-state index contributed by atoms with van der Waals surface area (Å²) in [5, 5.41) is 2.76. The SMILES string of the molecule is Cc1ccc2c(c1)NC(=O)c1cc(-c3ccnc(N4CCOCC4)c3)ccc1S2(=O)=O. The number of hydrogen-bond donors (Lipinski definition) is 1. The number of nitrogens with one attached hydrogen (secondary N) is 1. The number of rotatable bonds is 2. The topological polar surface area (TPSA) is 88.6 Å². The van der Waals surface area contributed by atoms with Crippen molar-refractivity contribution in [1.29, 1.82) is 0 Å². The average molecular weight is 436 g/mol. The number of morpholine rings is 1. The van der Waals surface area contributed by atoms with E-state index >= 15 is 0 Å². The van der Waals surface area contributed by atoms with Gasteiger partial charge in [-0.2, -0.15) is 0 Å². The summed E-state index contributed by atoms with van der Waals surface area (Å²) in [5.41, 5.74) is 2.93. The summed E-state index contributed by atoms with van der Waals surface area (Å²) < 4.78 is 31.9. The summed E-state index contributed by atoms with van der Waals surface area (Å²) in [5.74, 6) is 0.392.